The second kappa shape index (κ2) is 12.2. The van der Waals surface area contributed by atoms with E-state index in [1.54, 1.807) is 18.2 Å². The Morgan fingerprint density at radius 2 is 0.797 bits per heavy atom. The Morgan fingerprint density at radius 3 is 1.22 bits per heavy atom. The van der Waals surface area contributed by atoms with Gasteiger partial charge in [0, 0.05) is 0 Å². The Balaban J connectivity index is 1.20. The summed E-state index contributed by atoms with van der Waals surface area (Å²) in [4.78, 5) is 49.9. The second-order valence-electron chi connectivity index (χ2n) is 15.7. The van der Waals surface area contributed by atoms with Crippen LogP contribution < -0.4 is 14.4 Å². The first-order valence-corrected chi connectivity index (χ1v) is 19.9. The number of rotatable bonds is 7. The number of ketones is 1. The summed E-state index contributed by atoms with van der Waals surface area (Å²) in [6, 6.07) is 59.8. The average Bonchev–Trinajstić information content (AvgIpc) is 3.79. The minimum Gasteiger partial charge on any atom is -0.455 e. The minimum absolute atomic E-state index is 0.153. The first-order valence-electron chi connectivity index (χ1n) is 19.9. The summed E-state index contributed by atoms with van der Waals surface area (Å²) in [5.74, 6) is -1.72. The van der Waals surface area contributed by atoms with Crippen LogP contribution in [0.3, 0.4) is 0 Å². The van der Waals surface area contributed by atoms with Gasteiger partial charge in [-0.25, -0.2) is 4.90 Å². The lowest BCUT2D eigenvalue weighted by molar-refractivity contribution is -0.130. The van der Waals surface area contributed by atoms with Gasteiger partial charge in [0.2, 0.25) is 11.8 Å². The molecule has 2 fully saturated rings. The number of carbonyl (C=O) groups is 3. The zero-order chi connectivity index (χ0) is 39.5. The van der Waals surface area contributed by atoms with Gasteiger partial charge < -0.3 is 9.47 Å². The summed E-state index contributed by atoms with van der Waals surface area (Å²) in [7, 11) is 0. The third-order valence-electron chi connectivity index (χ3n) is 13.0. The van der Waals surface area contributed by atoms with Crippen LogP contribution in [0.2, 0.25) is 0 Å². The number of Topliss-reactive ketones (excluding diaryl/α,β-unsaturated/α-hetero) is 1. The monoisotopic (exact) mass is 763 g/mol. The molecule has 2 amide bonds. The lowest BCUT2D eigenvalue weighted by atomic mass is 9.59. The van der Waals surface area contributed by atoms with Gasteiger partial charge in [0.25, 0.3) is 0 Å². The lowest BCUT2D eigenvalue weighted by Gasteiger charge is -2.38. The van der Waals surface area contributed by atoms with Crippen molar-refractivity contribution in [3.63, 3.8) is 0 Å². The van der Waals surface area contributed by atoms with E-state index in [1.165, 1.54) is 4.90 Å². The van der Waals surface area contributed by atoms with Gasteiger partial charge in [-0.1, -0.05) is 152 Å². The molecule has 3 aliphatic rings. The molecule has 1 saturated carbocycles. The van der Waals surface area contributed by atoms with Crippen LogP contribution in [-0.4, -0.2) is 17.6 Å². The van der Waals surface area contributed by atoms with Crippen molar-refractivity contribution in [1.29, 1.82) is 0 Å². The zero-order valence-corrected chi connectivity index (χ0v) is 31.5. The van der Waals surface area contributed by atoms with E-state index in [0.29, 0.717) is 22.6 Å². The highest BCUT2D eigenvalue weighted by atomic mass is 16.5. The fourth-order valence-corrected chi connectivity index (χ4v) is 11.0. The van der Waals surface area contributed by atoms with E-state index < -0.39 is 34.5 Å². The van der Waals surface area contributed by atoms with Crippen LogP contribution >= 0.6 is 0 Å². The van der Waals surface area contributed by atoms with Crippen LogP contribution in [0.4, 0.5) is 5.69 Å². The van der Waals surface area contributed by atoms with Crippen LogP contribution in [0.1, 0.15) is 22.3 Å². The normalized spacial score (nSPS) is 21.8. The summed E-state index contributed by atoms with van der Waals surface area (Å²) in [5, 5.41) is 6.00. The smallest absolute Gasteiger partial charge is 0.239 e. The molecule has 2 aliphatic carbocycles. The standard InChI is InChI=1S/C53H33NO5/c55-49-46-47(50(56)54(49)48-40(58-36-22-9-3-10-23-36)28-15-29-41(48)59-37-24-11-4-12-25-37)53(35-20-7-2-8-21-35)45-39-27-14-17-33-31-30-32-16-13-26-38(42(32)43(33)39)44(45)52(46,51(53)57)34-18-5-1-6-19-34/h1-31,46-47H/t46-,47+,52+,53-. The molecule has 9 aromatic rings. The number of benzene rings is 9. The molecule has 9 aromatic carbocycles. The minimum atomic E-state index is -1.53. The van der Waals surface area contributed by atoms with Gasteiger partial charge in [-0.15, -0.1) is 0 Å². The Labute approximate surface area is 339 Å². The maximum atomic E-state index is 16.5. The molecular formula is C53H33NO5. The lowest BCUT2D eigenvalue weighted by Crippen LogP contribution is -2.45. The number of amides is 2. The van der Waals surface area contributed by atoms with Gasteiger partial charge >= 0.3 is 0 Å². The molecule has 280 valence electrons. The van der Waals surface area contributed by atoms with Crippen LogP contribution in [0.25, 0.3) is 32.3 Å². The first-order chi connectivity index (χ1) is 29.0. The highest BCUT2D eigenvalue weighted by molar-refractivity contribution is 6.36. The molecule has 1 saturated heterocycles. The zero-order valence-electron chi connectivity index (χ0n) is 31.5. The summed E-state index contributed by atoms with van der Waals surface area (Å²) >= 11 is 0. The summed E-state index contributed by atoms with van der Waals surface area (Å²) in [6.45, 7) is 0. The Kier molecular flexibility index (Phi) is 6.95. The second-order valence-corrected chi connectivity index (χ2v) is 15.7. The van der Waals surface area contributed by atoms with Gasteiger partial charge in [-0.3, -0.25) is 14.4 Å². The fraction of sp³-hybridized carbons (Fsp3) is 0.0755. The van der Waals surface area contributed by atoms with Crippen molar-refractivity contribution < 1.29 is 23.9 Å². The van der Waals surface area contributed by atoms with E-state index in [1.807, 2.05) is 133 Å². The number of nitrogens with zero attached hydrogens (tertiary/aromatic N) is 1. The first kappa shape index (κ1) is 33.6. The van der Waals surface area contributed by atoms with Crippen molar-refractivity contribution in [2.75, 3.05) is 4.90 Å². The Hall–Kier alpha value is -7.57. The van der Waals surface area contributed by atoms with Crippen LogP contribution in [-0.2, 0) is 25.2 Å². The number of imide groups is 1. The summed E-state index contributed by atoms with van der Waals surface area (Å²) in [6.07, 6.45) is 0. The number of carbonyl (C=O) groups excluding carboxylic acids is 3. The van der Waals surface area contributed by atoms with E-state index in [4.69, 9.17) is 9.47 Å². The molecule has 0 aromatic heterocycles. The Bertz CT molecular complexity index is 2980. The maximum Gasteiger partial charge on any atom is 0.239 e. The van der Waals surface area contributed by atoms with Crippen molar-refractivity contribution in [2.24, 2.45) is 11.8 Å². The third-order valence-corrected chi connectivity index (χ3v) is 13.0. The molecule has 1 heterocycles. The van der Waals surface area contributed by atoms with Gasteiger partial charge in [-0.2, -0.15) is 0 Å². The van der Waals surface area contributed by atoms with Gasteiger partial charge in [0.15, 0.2) is 17.3 Å². The SMILES string of the molecule is O=C1[C@@H]2[C@H](C(=O)N1c1c(Oc3ccccc3)cccc1Oc1ccccc1)[C@@]1(c3ccccc3)C(=O)[C@]2(c2ccccc2)c2c1c1cccc3ccc4cccc2c4c31. The largest absolute Gasteiger partial charge is 0.455 e. The van der Waals surface area contributed by atoms with E-state index in [0.717, 1.165) is 43.4 Å². The molecular weight excluding hydrogens is 731 g/mol. The molecule has 59 heavy (non-hydrogen) atoms. The third kappa shape index (κ3) is 4.22. The maximum absolute atomic E-state index is 16.5. The fourth-order valence-electron chi connectivity index (χ4n) is 11.0. The predicted molar refractivity (Wildman–Crippen MR) is 229 cm³/mol. The van der Waals surface area contributed by atoms with Crippen LogP contribution in [0.15, 0.2) is 188 Å². The van der Waals surface area contributed by atoms with E-state index in [2.05, 4.69) is 36.4 Å². The van der Waals surface area contributed by atoms with Gasteiger partial charge in [0.1, 0.15) is 17.2 Å². The topological polar surface area (TPSA) is 72.9 Å². The Morgan fingerprint density at radius 1 is 0.407 bits per heavy atom. The van der Waals surface area contributed by atoms with E-state index in [-0.39, 0.29) is 23.0 Å². The van der Waals surface area contributed by atoms with E-state index in [9.17, 15) is 0 Å². The molecule has 1 aliphatic heterocycles. The molecule has 4 atom stereocenters. The van der Waals surface area contributed by atoms with Crippen molar-refractivity contribution in [3.8, 4) is 23.0 Å². The summed E-state index contributed by atoms with van der Waals surface area (Å²) in [5.41, 5.74) is 0.0962. The number of anilines is 1. The predicted octanol–water partition coefficient (Wildman–Crippen LogP) is 11.1. The van der Waals surface area contributed by atoms with E-state index >= 15 is 14.4 Å². The van der Waals surface area contributed by atoms with Gasteiger partial charge in [-0.05, 0) is 91.0 Å². The quantitative estimate of drug-likeness (QED) is 0.119. The van der Waals surface area contributed by atoms with Crippen LogP contribution in [0, 0.1) is 11.8 Å². The number of hydrogen-bond donors (Lipinski definition) is 0. The van der Waals surface area contributed by atoms with Crippen molar-refractivity contribution in [2.45, 2.75) is 10.8 Å². The average molecular weight is 764 g/mol. The van der Waals surface area contributed by atoms with Crippen molar-refractivity contribution in [3.05, 3.63) is 210 Å². The molecule has 0 radical (unpaired) electrons. The van der Waals surface area contributed by atoms with Crippen molar-refractivity contribution >= 4 is 55.6 Å². The number of ether oxygens (including phenoxy) is 2. The van der Waals surface area contributed by atoms with Gasteiger partial charge in [0.05, 0.1) is 22.7 Å². The molecule has 0 unspecified atom stereocenters. The molecule has 12 rings (SSSR count). The van der Waals surface area contributed by atoms with Crippen LogP contribution in [0.5, 0.6) is 23.0 Å². The van der Waals surface area contributed by atoms with Crippen molar-refractivity contribution in [1.82, 2.24) is 0 Å². The molecule has 6 heteroatoms. The molecule has 0 N–H and O–H groups in total. The number of fused-ring (bicyclic) bond motifs is 10. The molecule has 0 spiro atoms. The summed E-state index contributed by atoms with van der Waals surface area (Å²) < 4.78 is 13.1. The molecule has 2 bridgehead atoms. The highest BCUT2D eigenvalue weighted by Crippen LogP contribution is 2.73. The molecule has 6 nitrogen and oxygen atoms in total. The number of para-hydroxylation sites is 3. The number of hydrogen-bond acceptors (Lipinski definition) is 5. The highest BCUT2D eigenvalue weighted by Gasteiger charge is 2.82.